The first kappa shape index (κ1) is 19.9. The van der Waals surface area contributed by atoms with Crippen LogP contribution in [-0.2, 0) is 10.2 Å². The Morgan fingerprint density at radius 3 is 2.21 bits per heavy atom. The predicted molar refractivity (Wildman–Crippen MR) is 112 cm³/mol. The van der Waals surface area contributed by atoms with Crippen molar-refractivity contribution in [2.75, 3.05) is 36.4 Å². The van der Waals surface area contributed by atoms with Gasteiger partial charge in [-0.15, -0.1) is 0 Å². The molecule has 0 radical (unpaired) electrons. The summed E-state index contributed by atoms with van der Waals surface area (Å²) in [6.07, 6.45) is 3.34. The van der Waals surface area contributed by atoms with E-state index < -0.39 is 0 Å². The molecule has 2 heterocycles. The molecule has 2 aromatic rings. The van der Waals surface area contributed by atoms with Crippen LogP contribution < -0.4 is 10.2 Å². The third kappa shape index (κ3) is 4.68. The molecule has 0 saturated carbocycles. The van der Waals surface area contributed by atoms with Crippen molar-refractivity contribution in [3.8, 4) is 0 Å². The Labute approximate surface area is 166 Å². The topological polar surface area (TPSA) is 65.5 Å². The van der Waals surface area contributed by atoms with Crippen LogP contribution in [0.2, 0.25) is 0 Å². The number of carbonyl (C=O) groups is 2. The van der Waals surface area contributed by atoms with Crippen LogP contribution in [0.4, 0.5) is 11.4 Å². The van der Waals surface area contributed by atoms with E-state index in [9.17, 15) is 9.59 Å². The van der Waals surface area contributed by atoms with Crippen molar-refractivity contribution in [3.63, 3.8) is 0 Å². The molecule has 1 fully saturated rings. The molecule has 3 rings (SSSR count). The van der Waals surface area contributed by atoms with E-state index in [4.69, 9.17) is 0 Å². The van der Waals surface area contributed by atoms with Gasteiger partial charge in [0.25, 0.3) is 5.91 Å². The van der Waals surface area contributed by atoms with Crippen LogP contribution in [0, 0.1) is 0 Å². The minimum atomic E-state index is -0.180. The summed E-state index contributed by atoms with van der Waals surface area (Å²) < 4.78 is 0. The zero-order valence-electron chi connectivity index (χ0n) is 17.0. The molecule has 6 nitrogen and oxygen atoms in total. The average Bonchev–Trinajstić information content (AvgIpc) is 2.68. The van der Waals surface area contributed by atoms with E-state index in [-0.39, 0.29) is 17.2 Å². The number of carbonyl (C=O) groups excluding carboxylic acids is 2. The molecule has 0 atom stereocenters. The van der Waals surface area contributed by atoms with Crippen LogP contribution in [-0.4, -0.2) is 47.9 Å². The Balaban J connectivity index is 1.66. The number of piperazine rings is 1. The molecular formula is C22H28N4O2. The fourth-order valence-electron chi connectivity index (χ4n) is 3.26. The predicted octanol–water partition coefficient (Wildman–Crippen LogP) is 3.30. The first-order valence-electron chi connectivity index (χ1n) is 9.61. The van der Waals surface area contributed by atoms with E-state index in [0.29, 0.717) is 18.7 Å². The Kier molecular flexibility index (Phi) is 5.68. The van der Waals surface area contributed by atoms with Gasteiger partial charge in [0.2, 0.25) is 5.91 Å². The maximum atomic E-state index is 12.6. The molecule has 148 valence electrons. The minimum absolute atomic E-state index is 0.0766. The molecule has 1 aromatic carbocycles. The molecule has 0 unspecified atom stereocenters. The van der Waals surface area contributed by atoms with Crippen LogP contribution in [0.3, 0.4) is 0 Å². The van der Waals surface area contributed by atoms with Crippen LogP contribution >= 0.6 is 0 Å². The summed E-state index contributed by atoms with van der Waals surface area (Å²) in [6.45, 7) is 10.9. The lowest BCUT2D eigenvalue weighted by molar-refractivity contribution is -0.129. The molecule has 28 heavy (non-hydrogen) atoms. The number of hydrogen-bond donors (Lipinski definition) is 1. The third-order valence-electron chi connectivity index (χ3n) is 5.08. The molecule has 2 amide bonds. The van der Waals surface area contributed by atoms with Crippen molar-refractivity contribution in [2.45, 2.75) is 33.1 Å². The zero-order valence-corrected chi connectivity index (χ0v) is 17.0. The van der Waals surface area contributed by atoms with Crippen molar-refractivity contribution in [1.82, 2.24) is 9.88 Å². The van der Waals surface area contributed by atoms with Gasteiger partial charge in [0, 0.05) is 45.0 Å². The SMILES string of the molecule is CC(=O)N1CCN(c2cncc(C(=O)Nc3ccc(C(C)(C)C)cc3)c2)CC1. The standard InChI is InChI=1S/C22H28N4O2/c1-16(27)25-9-11-26(12-10-25)20-13-17(14-23-15-20)21(28)24-19-7-5-18(6-8-19)22(2,3)4/h5-8,13-15H,9-12H2,1-4H3,(H,24,28). The van der Waals surface area contributed by atoms with Crippen molar-refractivity contribution in [2.24, 2.45) is 0 Å². The number of benzene rings is 1. The van der Waals surface area contributed by atoms with Crippen molar-refractivity contribution in [3.05, 3.63) is 53.9 Å². The van der Waals surface area contributed by atoms with Gasteiger partial charge in [0.15, 0.2) is 0 Å². The Bertz CT molecular complexity index is 848. The normalized spacial score (nSPS) is 14.7. The number of aromatic nitrogens is 1. The Morgan fingerprint density at radius 1 is 1.00 bits per heavy atom. The van der Waals surface area contributed by atoms with Crippen molar-refractivity contribution in [1.29, 1.82) is 0 Å². The highest BCUT2D eigenvalue weighted by Crippen LogP contribution is 2.24. The number of hydrogen-bond acceptors (Lipinski definition) is 4. The molecule has 1 aliphatic rings. The number of pyridine rings is 1. The summed E-state index contributed by atoms with van der Waals surface area (Å²) in [4.78, 5) is 32.4. The van der Waals surface area contributed by atoms with Gasteiger partial charge in [-0.2, -0.15) is 0 Å². The van der Waals surface area contributed by atoms with E-state index in [2.05, 4.69) is 36.0 Å². The lowest BCUT2D eigenvalue weighted by Gasteiger charge is -2.35. The molecule has 1 aromatic heterocycles. The maximum Gasteiger partial charge on any atom is 0.257 e. The van der Waals surface area contributed by atoms with Gasteiger partial charge in [-0.05, 0) is 29.2 Å². The van der Waals surface area contributed by atoms with Gasteiger partial charge in [-0.1, -0.05) is 32.9 Å². The van der Waals surface area contributed by atoms with Gasteiger partial charge in [-0.3, -0.25) is 14.6 Å². The molecule has 0 aliphatic carbocycles. The molecule has 1 N–H and O–H groups in total. The number of rotatable bonds is 3. The largest absolute Gasteiger partial charge is 0.367 e. The van der Waals surface area contributed by atoms with E-state index >= 15 is 0 Å². The first-order chi connectivity index (χ1) is 13.2. The summed E-state index contributed by atoms with van der Waals surface area (Å²) in [5, 5.41) is 2.94. The quantitative estimate of drug-likeness (QED) is 0.887. The fourth-order valence-corrected chi connectivity index (χ4v) is 3.26. The third-order valence-corrected chi connectivity index (χ3v) is 5.08. The first-order valence-corrected chi connectivity index (χ1v) is 9.61. The lowest BCUT2D eigenvalue weighted by atomic mass is 9.87. The average molecular weight is 380 g/mol. The Hall–Kier alpha value is -2.89. The van der Waals surface area contributed by atoms with E-state index in [1.165, 1.54) is 5.56 Å². The minimum Gasteiger partial charge on any atom is -0.367 e. The second kappa shape index (κ2) is 8.00. The van der Waals surface area contributed by atoms with Crippen LogP contribution in [0.15, 0.2) is 42.7 Å². The van der Waals surface area contributed by atoms with E-state index in [1.807, 2.05) is 35.2 Å². The van der Waals surface area contributed by atoms with E-state index in [0.717, 1.165) is 24.5 Å². The molecular weight excluding hydrogens is 352 g/mol. The number of nitrogens with zero attached hydrogens (tertiary/aromatic N) is 3. The smallest absolute Gasteiger partial charge is 0.257 e. The summed E-state index contributed by atoms with van der Waals surface area (Å²) in [5.74, 6) is -0.0800. The number of amides is 2. The monoisotopic (exact) mass is 380 g/mol. The molecule has 0 bridgehead atoms. The van der Waals surface area contributed by atoms with Gasteiger partial charge >= 0.3 is 0 Å². The highest BCUT2D eigenvalue weighted by Gasteiger charge is 2.20. The molecule has 6 heteroatoms. The van der Waals surface area contributed by atoms with Crippen molar-refractivity contribution >= 4 is 23.2 Å². The van der Waals surface area contributed by atoms with Crippen LogP contribution in [0.25, 0.3) is 0 Å². The number of anilines is 2. The molecule has 1 aliphatic heterocycles. The van der Waals surface area contributed by atoms with Gasteiger partial charge in [0.1, 0.15) is 0 Å². The van der Waals surface area contributed by atoms with Crippen LogP contribution in [0.5, 0.6) is 0 Å². The Morgan fingerprint density at radius 2 is 1.64 bits per heavy atom. The zero-order chi connectivity index (χ0) is 20.3. The van der Waals surface area contributed by atoms with Crippen LogP contribution in [0.1, 0.15) is 43.6 Å². The van der Waals surface area contributed by atoms with E-state index in [1.54, 1.807) is 19.3 Å². The second-order valence-electron chi connectivity index (χ2n) is 8.21. The fraction of sp³-hybridized carbons (Fsp3) is 0.409. The molecule has 1 saturated heterocycles. The van der Waals surface area contributed by atoms with Gasteiger partial charge in [-0.25, -0.2) is 0 Å². The second-order valence-corrected chi connectivity index (χ2v) is 8.21. The maximum absolute atomic E-state index is 12.6. The highest BCUT2D eigenvalue weighted by atomic mass is 16.2. The summed E-state index contributed by atoms with van der Waals surface area (Å²) in [7, 11) is 0. The van der Waals surface area contributed by atoms with Gasteiger partial charge < -0.3 is 15.1 Å². The summed E-state index contributed by atoms with van der Waals surface area (Å²) in [5.41, 5.74) is 3.48. The molecule has 0 spiro atoms. The van der Waals surface area contributed by atoms with Gasteiger partial charge in [0.05, 0.1) is 17.4 Å². The summed E-state index contributed by atoms with van der Waals surface area (Å²) >= 11 is 0. The number of nitrogens with one attached hydrogen (secondary N) is 1. The van der Waals surface area contributed by atoms with Crippen molar-refractivity contribution < 1.29 is 9.59 Å². The highest BCUT2D eigenvalue weighted by molar-refractivity contribution is 6.04. The lowest BCUT2D eigenvalue weighted by Crippen LogP contribution is -2.48. The summed E-state index contributed by atoms with van der Waals surface area (Å²) in [6, 6.07) is 9.79.